The Morgan fingerprint density at radius 3 is 2.20 bits per heavy atom. The van der Waals surface area contributed by atoms with Gasteiger partial charge in [0.15, 0.2) is 0 Å². The van der Waals surface area contributed by atoms with E-state index in [0.717, 1.165) is 5.56 Å². The molecule has 0 radical (unpaired) electrons. The maximum atomic E-state index is 11.9. The highest BCUT2D eigenvalue weighted by Crippen LogP contribution is 2.19. The van der Waals surface area contributed by atoms with Crippen LogP contribution in [0.4, 0.5) is 4.79 Å². The van der Waals surface area contributed by atoms with E-state index in [1.165, 1.54) is 0 Å². The first-order valence-corrected chi connectivity index (χ1v) is 6.41. The van der Waals surface area contributed by atoms with Gasteiger partial charge in [-0.3, -0.25) is 4.98 Å². The molecule has 20 heavy (non-hydrogen) atoms. The van der Waals surface area contributed by atoms with Crippen molar-refractivity contribution < 1.29 is 14.7 Å². The van der Waals surface area contributed by atoms with Crippen molar-refractivity contribution >= 4 is 12.0 Å². The molecule has 2 atom stereocenters. The molecule has 0 saturated carbocycles. The van der Waals surface area contributed by atoms with E-state index in [9.17, 15) is 9.59 Å². The molecule has 0 aliphatic rings. The molecule has 0 aromatic carbocycles. The number of pyridine rings is 1. The van der Waals surface area contributed by atoms with Gasteiger partial charge in [-0.2, -0.15) is 0 Å². The van der Waals surface area contributed by atoms with Gasteiger partial charge in [0.05, 0.1) is 6.04 Å². The minimum atomic E-state index is -1.05. The van der Waals surface area contributed by atoms with Gasteiger partial charge in [-0.15, -0.1) is 0 Å². The lowest BCUT2D eigenvalue weighted by Crippen LogP contribution is -2.52. The number of hydrogen-bond donors (Lipinski definition) is 3. The van der Waals surface area contributed by atoms with Gasteiger partial charge >= 0.3 is 12.0 Å². The summed E-state index contributed by atoms with van der Waals surface area (Å²) in [6.45, 7) is 7.11. The SMILES string of the molecule is CC(NC(=O)NC(C(=O)O)C(C)(C)C)c1ccncc1. The van der Waals surface area contributed by atoms with Crippen LogP contribution in [0.3, 0.4) is 0 Å². The van der Waals surface area contributed by atoms with Crippen molar-refractivity contribution in [3.8, 4) is 0 Å². The number of carbonyl (C=O) groups excluding carboxylic acids is 1. The summed E-state index contributed by atoms with van der Waals surface area (Å²) in [6.07, 6.45) is 3.28. The molecule has 1 heterocycles. The molecule has 1 aromatic rings. The van der Waals surface area contributed by atoms with Gasteiger partial charge in [-0.25, -0.2) is 9.59 Å². The zero-order chi connectivity index (χ0) is 15.3. The van der Waals surface area contributed by atoms with Crippen LogP contribution in [-0.4, -0.2) is 28.1 Å². The van der Waals surface area contributed by atoms with E-state index in [4.69, 9.17) is 5.11 Å². The van der Waals surface area contributed by atoms with Crippen LogP contribution in [-0.2, 0) is 4.79 Å². The standard InChI is InChI=1S/C14H21N3O3/c1-9(10-5-7-15-8-6-10)16-13(20)17-11(12(18)19)14(2,3)4/h5-9,11H,1-4H3,(H,18,19)(H2,16,17,20). The number of amides is 2. The van der Waals surface area contributed by atoms with Crippen molar-refractivity contribution in [3.05, 3.63) is 30.1 Å². The second-order valence-corrected chi connectivity index (χ2v) is 5.76. The van der Waals surface area contributed by atoms with Crippen molar-refractivity contribution in [2.24, 2.45) is 5.41 Å². The molecule has 6 heteroatoms. The summed E-state index contributed by atoms with van der Waals surface area (Å²) in [7, 11) is 0. The molecule has 0 spiro atoms. The molecule has 2 unspecified atom stereocenters. The first-order chi connectivity index (χ1) is 9.21. The lowest BCUT2D eigenvalue weighted by Gasteiger charge is -2.28. The molecule has 0 fully saturated rings. The van der Waals surface area contributed by atoms with Crippen LogP contribution in [0, 0.1) is 5.41 Å². The first-order valence-electron chi connectivity index (χ1n) is 6.41. The summed E-state index contributed by atoms with van der Waals surface area (Å²) < 4.78 is 0. The van der Waals surface area contributed by atoms with Crippen molar-refractivity contribution in [1.82, 2.24) is 15.6 Å². The summed E-state index contributed by atoms with van der Waals surface area (Å²) in [5.74, 6) is -1.05. The quantitative estimate of drug-likeness (QED) is 0.785. The third-order valence-corrected chi connectivity index (χ3v) is 2.94. The highest BCUT2D eigenvalue weighted by Gasteiger charge is 2.32. The molecule has 0 aliphatic heterocycles. The number of carbonyl (C=O) groups is 2. The van der Waals surface area contributed by atoms with Gasteiger partial charge in [0, 0.05) is 12.4 Å². The van der Waals surface area contributed by atoms with E-state index in [2.05, 4.69) is 15.6 Å². The Kier molecular flexibility index (Phi) is 5.07. The molecule has 1 aromatic heterocycles. The third-order valence-electron chi connectivity index (χ3n) is 2.94. The Morgan fingerprint density at radius 1 is 1.20 bits per heavy atom. The van der Waals surface area contributed by atoms with E-state index >= 15 is 0 Å². The molecular weight excluding hydrogens is 258 g/mol. The number of carboxylic acids is 1. The Bertz CT molecular complexity index is 468. The monoisotopic (exact) mass is 279 g/mol. The van der Waals surface area contributed by atoms with Crippen LogP contribution < -0.4 is 10.6 Å². The molecular formula is C14H21N3O3. The average Bonchev–Trinajstić information content (AvgIpc) is 2.35. The Morgan fingerprint density at radius 2 is 1.75 bits per heavy atom. The molecule has 2 amide bonds. The van der Waals surface area contributed by atoms with Crippen molar-refractivity contribution in [2.75, 3.05) is 0 Å². The number of hydrogen-bond acceptors (Lipinski definition) is 3. The smallest absolute Gasteiger partial charge is 0.326 e. The van der Waals surface area contributed by atoms with Gasteiger partial charge in [-0.05, 0) is 30.0 Å². The third kappa shape index (κ3) is 4.53. The second kappa shape index (κ2) is 6.36. The predicted molar refractivity (Wildman–Crippen MR) is 75.2 cm³/mol. The predicted octanol–water partition coefficient (Wildman–Crippen LogP) is 1.94. The highest BCUT2D eigenvalue weighted by atomic mass is 16.4. The fraction of sp³-hybridized carbons (Fsp3) is 0.500. The summed E-state index contributed by atoms with van der Waals surface area (Å²) in [4.78, 5) is 27.0. The number of aromatic nitrogens is 1. The molecule has 3 N–H and O–H groups in total. The Labute approximate surface area is 118 Å². The molecule has 1 rings (SSSR count). The molecule has 110 valence electrons. The lowest BCUT2D eigenvalue weighted by atomic mass is 9.87. The largest absolute Gasteiger partial charge is 0.480 e. The highest BCUT2D eigenvalue weighted by molar-refractivity contribution is 5.83. The number of urea groups is 1. The lowest BCUT2D eigenvalue weighted by molar-refractivity contribution is -0.141. The minimum absolute atomic E-state index is 0.229. The number of nitrogens with zero attached hydrogens (tertiary/aromatic N) is 1. The second-order valence-electron chi connectivity index (χ2n) is 5.76. The van der Waals surface area contributed by atoms with Gasteiger partial charge in [-0.1, -0.05) is 20.8 Å². The van der Waals surface area contributed by atoms with E-state index in [0.29, 0.717) is 0 Å². The van der Waals surface area contributed by atoms with Crippen LogP contribution >= 0.6 is 0 Å². The van der Waals surface area contributed by atoms with Crippen LogP contribution in [0.15, 0.2) is 24.5 Å². The van der Waals surface area contributed by atoms with E-state index in [1.54, 1.807) is 45.3 Å². The summed E-state index contributed by atoms with van der Waals surface area (Å²) >= 11 is 0. The summed E-state index contributed by atoms with van der Waals surface area (Å²) in [5.41, 5.74) is 0.334. The van der Waals surface area contributed by atoms with E-state index in [-0.39, 0.29) is 6.04 Å². The molecule has 0 bridgehead atoms. The normalized spacial score (nSPS) is 14.2. The fourth-order valence-electron chi connectivity index (χ4n) is 1.75. The van der Waals surface area contributed by atoms with E-state index in [1.807, 2.05) is 6.92 Å². The Hall–Kier alpha value is -2.11. The number of nitrogens with one attached hydrogen (secondary N) is 2. The first kappa shape index (κ1) is 15.9. The fourth-order valence-corrected chi connectivity index (χ4v) is 1.75. The number of aliphatic carboxylic acids is 1. The summed E-state index contributed by atoms with van der Waals surface area (Å²) in [6, 6.07) is 1.91. The average molecular weight is 279 g/mol. The molecule has 6 nitrogen and oxygen atoms in total. The van der Waals surface area contributed by atoms with Gasteiger partial charge in [0.25, 0.3) is 0 Å². The van der Waals surface area contributed by atoms with Crippen molar-refractivity contribution in [2.45, 2.75) is 39.8 Å². The maximum absolute atomic E-state index is 11.9. The van der Waals surface area contributed by atoms with Gasteiger partial charge in [0.1, 0.15) is 6.04 Å². The van der Waals surface area contributed by atoms with E-state index < -0.39 is 23.5 Å². The summed E-state index contributed by atoms with van der Waals surface area (Å²) in [5, 5.41) is 14.4. The minimum Gasteiger partial charge on any atom is -0.480 e. The zero-order valence-corrected chi connectivity index (χ0v) is 12.2. The van der Waals surface area contributed by atoms with Crippen LogP contribution in [0.5, 0.6) is 0 Å². The van der Waals surface area contributed by atoms with Crippen LogP contribution in [0.25, 0.3) is 0 Å². The zero-order valence-electron chi connectivity index (χ0n) is 12.2. The number of rotatable bonds is 4. The topological polar surface area (TPSA) is 91.3 Å². The van der Waals surface area contributed by atoms with Gasteiger partial charge in [0.2, 0.25) is 0 Å². The van der Waals surface area contributed by atoms with Crippen LogP contribution in [0.2, 0.25) is 0 Å². The molecule has 0 aliphatic carbocycles. The van der Waals surface area contributed by atoms with Crippen molar-refractivity contribution in [3.63, 3.8) is 0 Å². The number of carboxylic acid groups (broad SMARTS) is 1. The molecule has 0 saturated heterocycles. The van der Waals surface area contributed by atoms with Crippen LogP contribution in [0.1, 0.15) is 39.3 Å². The Balaban J connectivity index is 2.65. The van der Waals surface area contributed by atoms with Crippen molar-refractivity contribution in [1.29, 1.82) is 0 Å². The van der Waals surface area contributed by atoms with Gasteiger partial charge < -0.3 is 15.7 Å². The maximum Gasteiger partial charge on any atom is 0.326 e.